The van der Waals surface area contributed by atoms with E-state index < -0.39 is 0 Å². The van der Waals surface area contributed by atoms with Crippen molar-refractivity contribution in [3.63, 3.8) is 0 Å². The smallest absolute Gasteiger partial charge is 0.241 e. The number of hydrogen-bond donors (Lipinski definition) is 3. The predicted octanol–water partition coefficient (Wildman–Crippen LogP) is 0.347. The van der Waals surface area contributed by atoms with E-state index in [1.165, 1.54) is 17.5 Å². The number of aromatic nitrogens is 2. The molecule has 3 N–H and O–H groups in total. The Morgan fingerprint density at radius 3 is 3.05 bits per heavy atom. The normalized spacial score (nSPS) is 18.2. The summed E-state index contributed by atoms with van der Waals surface area (Å²) in [6, 6.07) is 0. The number of nitrogens with one attached hydrogen (secondary N) is 3. The van der Waals surface area contributed by atoms with E-state index >= 15 is 0 Å². The molecule has 7 nitrogen and oxygen atoms in total. The lowest BCUT2D eigenvalue weighted by atomic mass is 9.94. The van der Waals surface area contributed by atoms with Crippen LogP contribution in [0.15, 0.2) is 12.4 Å². The number of piperidine rings is 1. The minimum absolute atomic E-state index is 0.0000616. The van der Waals surface area contributed by atoms with Crippen LogP contribution in [0.1, 0.15) is 25.7 Å². The van der Waals surface area contributed by atoms with Crippen LogP contribution in [-0.4, -0.2) is 41.7 Å². The van der Waals surface area contributed by atoms with Gasteiger partial charge in [-0.1, -0.05) is 0 Å². The summed E-state index contributed by atoms with van der Waals surface area (Å²) in [5.41, 5.74) is 0.630. The molecule has 1 aliphatic heterocycles. The van der Waals surface area contributed by atoms with Crippen molar-refractivity contribution in [3.05, 3.63) is 12.4 Å². The molecule has 1 aromatic heterocycles. The molecule has 2 heterocycles. The monoisotopic (exact) mass is 293 g/mol. The zero-order valence-electron chi connectivity index (χ0n) is 12.4. The van der Waals surface area contributed by atoms with Gasteiger partial charge in [-0.2, -0.15) is 5.10 Å². The standard InChI is InChI=1S/C14H23N5O2/c1-15-14(21)10-19-9-12(8-17-19)18-13(20)5-4-11-3-2-6-16-7-11/h8-9,11,16H,2-7,10H2,1H3,(H,15,21)(H,18,20). The summed E-state index contributed by atoms with van der Waals surface area (Å²) in [4.78, 5) is 23.1. The number of hydrogen-bond acceptors (Lipinski definition) is 4. The maximum Gasteiger partial charge on any atom is 0.241 e. The minimum Gasteiger partial charge on any atom is -0.358 e. The van der Waals surface area contributed by atoms with Crippen molar-refractivity contribution in [2.24, 2.45) is 5.92 Å². The van der Waals surface area contributed by atoms with Gasteiger partial charge in [-0.05, 0) is 38.3 Å². The molecule has 1 aromatic rings. The molecule has 0 aromatic carbocycles. The fourth-order valence-corrected chi connectivity index (χ4v) is 2.47. The Labute approximate surface area is 124 Å². The first kappa shape index (κ1) is 15.5. The van der Waals surface area contributed by atoms with Crippen molar-refractivity contribution in [1.29, 1.82) is 0 Å². The van der Waals surface area contributed by atoms with E-state index in [0.29, 0.717) is 18.0 Å². The SMILES string of the molecule is CNC(=O)Cn1cc(NC(=O)CCC2CCCNC2)cn1. The Morgan fingerprint density at radius 1 is 1.48 bits per heavy atom. The summed E-state index contributed by atoms with van der Waals surface area (Å²) in [7, 11) is 1.58. The Kier molecular flexibility index (Phi) is 5.74. The van der Waals surface area contributed by atoms with Crippen LogP contribution >= 0.6 is 0 Å². The Balaban J connectivity index is 1.73. The molecule has 2 amide bonds. The van der Waals surface area contributed by atoms with Crippen molar-refractivity contribution in [2.45, 2.75) is 32.2 Å². The van der Waals surface area contributed by atoms with Crippen LogP contribution in [0.2, 0.25) is 0 Å². The van der Waals surface area contributed by atoms with Crippen LogP contribution in [0.3, 0.4) is 0 Å². The highest BCUT2D eigenvalue weighted by molar-refractivity contribution is 5.90. The maximum absolute atomic E-state index is 11.9. The molecule has 1 aliphatic rings. The molecule has 21 heavy (non-hydrogen) atoms. The molecular weight excluding hydrogens is 270 g/mol. The van der Waals surface area contributed by atoms with E-state index in [2.05, 4.69) is 21.0 Å². The molecule has 116 valence electrons. The molecule has 0 radical (unpaired) electrons. The largest absolute Gasteiger partial charge is 0.358 e. The van der Waals surface area contributed by atoms with Gasteiger partial charge in [-0.3, -0.25) is 14.3 Å². The van der Waals surface area contributed by atoms with E-state index in [1.54, 1.807) is 19.4 Å². The highest BCUT2D eigenvalue weighted by atomic mass is 16.2. The zero-order valence-corrected chi connectivity index (χ0v) is 12.4. The van der Waals surface area contributed by atoms with Crippen LogP contribution < -0.4 is 16.0 Å². The van der Waals surface area contributed by atoms with Crippen LogP contribution in [0.4, 0.5) is 5.69 Å². The number of anilines is 1. The molecule has 0 spiro atoms. The molecule has 0 aliphatic carbocycles. The van der Waals surface area contributed by atoms with E-state index in [9.17, 15) is 9.59 Å². The molecule has 0 saturated carbocycles. The van der Waals surface area contributed by atoms with E-state index in [1.807, 2.05) is 0 Å². The average molecular weight is 293 g/mol. The van der Waals surface area contributed by atoms with Gasteiger partial charge in [-0.25, -0.2) is 0 Å². The van der Waals surface area contributed by atoms with E-state index in [4.69, 9.17) is 0 Å². The second kappa shape index (κ2) is 7.78. The molecule has 2 rings (SSSR count). The van der Waals surface area contributed by atoms with Crippen LogP contribution in [-0.2, 0) is 16.1 Å². The van der Waals surface area contributed by atoms with Gasteiger partial charge in [0.1, 0.15) is 6.54 Å². The van der Waals surface area contributed by atoms with Gasteiger partial charge < -0.3 is 16.0 Å². The van der Waals surface area contributed by atoms with Crippen LogP contribution in [0, 0.1) is 5.92 Å². The average Bonchev–Trinajstić information content (AvgIpc) is 2.93. The summed E-state index contributed by atoms with van der Waals surface area (Å²) in [6.45, 7) is 2.25. The first-order valence-electron chi connectivity index (χ1n) is 7.41. The third-order valence-corrected chi connectivity index (χ3v) is 3.68. The summed E-state index contributed by atoms with van der Waals surface area (Å²) in [5.74, 6) is 0.473. The fourth-order valence-electron chi connectivity index (χ4n) is 2.47. The van der Waals surface area contributed by atoms with Gasteiger partial charge in [0.25, 0.3) is 0 Å². The van der Waals surface area contributed by atoms with Gasteiger partial charge in [0.05, 0.1) is 11.9 Å². The summed E-state index contributed by atoms with van der Waals surface area (Å²) in [5, 5.41) is 12.7. The lowest BCUT2D eigenvalue weighted by molar-refractivity contribution is -0.121. The molecule has 1 saturated heterocycles. The van der Waals surface area contributed by atoms with Gasteiger partial charge >= 0.3 is 0 Å². The quantitative estimate of drug-likeness (QED) is 0.706. The summed E-state index contributed by atoms with van der Waals surface area (Å²) >= 11 is 0. The van der Waals surface area contributed by atoms with E-state index in [0.717, 1.165) is 19.5 Å². The first-order valence-corrected chi connectivity index (χ1v) is 7.41. The summed E-state index contributed by atoms with van der Waals surface area (Å²) in [6.07, 6.45) is 7.04. The first-order chi connectivity index (χ1) is 10.2. The van der Waals surface area contributed by atoms with Crippen LogP contribution in [0.5, 0.6) is 0 Å². The van der Waals surface area contributed by atoms with Gasteiger partial charge in [0.15, 0.2) is 0 Å². The van der Waals surface area contributed by atoms with Crippen molar-refractivity contribution in [2.75, 3.05) is 25.5 Å². The molecule has 1 unspecified atom stereocenters. The second-order valence-corrected chi connectivity index (χ2v) is 5.40. The summed E-state index contributed by atoms with van der Waals surface area (Å²) < 4.78 is 1.50. The fraction of sp³-hybridized carbons (Fsp3) is 0.643. The Morgan fingerprint density at radius 2 is 2.33 bits per heavy atom. The van der Waals surface area contributed by atoms with Crippen molar-refractivity contribution < 1.29 is 9.59 Å². The third-order valence-electron chi connectivity index (χ3n) is 3.68. The number of amides is 2. The number of carbonyl (C=O) groups excluding carboxylic acids is 2. The third kappa shape index (κ3) is 5.18. The Hall–Kier alpha value is -1.89. The Bertz CT molecular complexity index is 479. The highest BCUT2D eigenvalue weighted by Crippen LogP contribution is 2.16. The lowest BCUT2D eigenvalue weighted by Gasteiger charge is -2.22. The number of nitrogens with zero attached hydrogens (tertiary/aromatic N) is 2. The van der Waals surface area contributed by atoms with Crippen molar-refractivity contribution >= 4 is 17.5 Å². The maximum atomic E-state index is 11.9. The van der Waals surface area contributed by atoms with Gasteiger partial charge in [0, 0.05) is 19.7 Å². The lowest BCUT2D eigenvalue weighted by Crippen LogP contribution is -2.30. The molecule has 1 fully saturated rings. The molecule has 1 atom stereocenters. The predicted molar refractivity (Wildman–Crippen MR) is 79.8 cm³/mol. The second-order valence-electron chi connectivity index (χ2n) is 5.40. The minimum atomic E-state index is -0.124. The number of carbonyl (C=O) groups is 2. The molecular formula is C14H23N5O2. The van der Waals surface area contributed by atoms with E-state index in [-0.39, 0.29) is 18.4 Å². The number of likely N-dealkylation sites (N-methyl/N-ethyl adjacent to an activating group) is 1. The van der Waals surface area contributed by atoms with Crippen molar-refractivity contribution in [1.82, 2.24) is 20.4 Å². The topological polar surface area (TPSA) is 88.0 Å². The van der Waals surface area contributed by atoms with Crippen LogP contribution in [0.25, 0.3) is 0 Å². The zero-order chi connectivity index (χ0) is 15.1. The van der Waals surface area contributed by atoms with Gasteiger partial charge in [0.2, 0.25) is 11.8 Å². The molecule has 0 bridgehead atoms. The highest BCUT2D eigenvalue weighted by Gasteiger charge is 2.14. The molecule has 7 heteroatoms. The van der Waals surface area contributed by atoms with Gasteiger partial charge in [-0.15, -0.1) is 0 Å². The number of rotatable bonds is 6. The van der Waals surface area contributed by atoms with Crippen molar-refractivity contribution in [3.8, 4) is 0 Å².